The molecule has 0 unspecified atom stereocenters. The smallest absolute Gasteiger partial charge is 0.187 e. The van der Waals surface area contributed by atoms with Crippen molar-refractivity contribution in [1.29, 1.82) is 0 Å². The molecule has 1 saturated heterocycles. The van der Waals surface area contributed by atoms with Crippen LogP contribution < -0.4 is 14.8 Å². The molecule has 1 fully saturated rings. The van der Waals surface area contributed by atoms with Crippen LogP contribution in [0.5, 0.6) is 11.5 Å². The molecule has 0 bridgehead atoms. The number of anilines is 1. The van der Waals surface area contributed by atoms with Crippen molar-refractivity contribution in [3.05, 3.63) is 30.0 Å². The number of nitrogens with one attached hydrogen (secondary N) is 1. The molecule has 7 nitrogen and oxygen atoms in total. The minimum atomic E-state index is 0.304. The Bertz CT molecular complexity index is 1050. The van der Waals surface area contributed by atoms with E-state index >= 15 is 0 Å². The molecule has 8 heteroatoms. The van der Waals surface area contributed by atoms with Gasteiger partial charge in [0.1, 0.15) is 17.0 Å². The summed E-state index contributed by atoms with van der Waals surface area (Å²) in [5.41, 5.74) is 3.62. The van der Waals surface area contributed by atoms with Crippen molar-refractivity contribution in [3.63, 3.8) is 0 Å². The van der Waals surface area contributed by atoms with Crippen LogP contribution in [0.25, 0.3) is 22.2 Å². The Balaban J connectivity index is 1.87. The largest absolute Gasteiger partial charge is 0.497 e. The van der Waals surface area contributed by atoms with E-state index in [0.29, 0.717) is 6.04 Å². The van der Waals surface area contributed by atoms with E-state index in [4.69, 9.17) is 24.2 Å². The van der Waals surface area contributed by atoms with E-state index in [1.807, 2.05) is 37.6 Å². The maximum Gasteiger partial charge on any atom is 0.187 e. The van der Waals surface area contributed by atoms with Crippen molar-refractivity contribution >= 4 is 28.5 Å². The van der Waals surface area contributed by atoms with Crippen LogP contribution in [0.2, 0.25) is 0 Å². The first kappa shape index (κ1) is 20.7. The number of aromatic nitrogens is 3. The Morgan fingerprint density at radius 2 is 1.90 bits per heavy atom. The number of pyridine rings is 1. The van der Waals surface area contributed by atoms with Crippen molar-refractivity contribution in [2.75, 3.05) is 39.0 Å². The number of benzene rings is 1. The van der Waals surface area contributed by atoms with Gasteiger partial charge in [-0.1, -0.05) is 11.8 Å². The zero-order valence-electron chi connectivity index (χ0n) is 17.7. The second-order valence-electron chi connectivity index (χ2n) is 7.18. The SMILES string of the molecule is COc1cc(OC)c(C)c(-c2cc3cnc(SC)nc3c(NC3CCOCC3)n2)c1. The number of fused-ring (bicyclic) bond motifs is 1. The van der Waals surface area contributed by atoms with Crippen LogP contribution in [0.3, 0.4) is 0 Å². The predicted octanol–water partition coefficient (Wildman–Crippen LogP) is 4.33. The third-order valence-electron chi connectivity index (χ3n) is 5.35. The fraction of sp³-hybridized carbons (Fsp3) is 0.409. The molecule has 0 spiro atoms. The van der Waals surface area contributed by atoms with E-state index in [-0.39, 0.29) is 0 Å². The van der Waals surface area contributed by atoms with Gasteiger partial charge in [0.15, 0.2) is 11.0 Å². The molecular formula is C22H26N4O3S. The van der Waals surface area contributed by atoms with E-state index in [9.17, 15) is 0 Å². The standard InChI is InChI=1S/C22H26N4O3S/c1-13-17(10-16(27-2)11-19(13)28-3)18-9-14-12-23-22(30-4)26-20(14)21(25-18)24-15-5-7-29-8-6-15/h9-12,15H,5-8H2,1-4H3,(H,24,25). The van der Waals surface area contributed by atoms with Crippen molar-refractivity contribution in [2.24, 2.45) is 0 Å². The van der Waals surface area contributed by atoms with Gasteiger partial charge in [-0.25, -0.2) is 15.0 Å². The molecule has 0 saturated carbocycles. The van der Waals surface area contributed by atoms with E-state index < -0.39 is 0 Å². The minimum Gasteiger partial charge on any atom is -0.497 e. The van der Waals surface area contributed by atoms with Crippen LogP contribution in [-0.2, 0) is 4.74 Å². The van der Waals surface area contributed by atoms with Gasteiger partial charge in [-0.15, -0.1) is 0 Å². The van der Waals surface area contributed by atoms with E-state index in [1.54, 1.807) is 14.2 Å². The Kier molecular flexibility index (Phi) is 6.24. The molecule has 1 aliphatic heterocycles. The number of hydrogen-bond acceptors (Lipinski definition) is 8. The number of thioether (sulfide) groups is 1. The average Bonchev–Trinajstić information content (AvgIpc) is 2.79. The summed E-state index contributed by atoms with van der Waals surface area (Å²) in [5, 5.41) is 5.28. The topological polar surface area (TPSA) is 78.4 Å². The maximum atomic E-state index is 5.55. The fourth-order valence-electron chi connectivity index (χ4n) is 3.65. The summed E-state index contributed by atoms with van der Waals surface area (Å²) in [6.07, 6.45) is 5.72. The summed E-state index contributed by atoms with van der Waals surface area (Å²) in [7, 11) is 3.31. The van der Waals surface area contributed by atoms with Gasteiger partial charge >= 0.3 is 0 Å². The Morgan fingerprint density at radius 1 is 1.10 bits per heavy atom. The molecule has 3 heterocycles. The highest BCUT2D eigenvalue weighted by Crippen LogP contribution is 2.36. The summed E-state index contributed by atoms with van der Waals surface area (Å²) < 4.78 is 16.5. The van der Waals surface area contributed by atoms with E-state index in [2.05, 4.69) is 10.3 Å². The number of methoxy groups -OCH3 is 2. The lowest BCUT2D eigenvalue weighted by molar-refractivity contribution is 0.0904. The number of rotatable bonds is 6. The molecule has 0 aliphatic carbocycles. The molecular weight excluding hydrogens is 400 g/mol. The molecule has 0 amide bonds. The second kappa shape index (κ2) is 9.06. The Morgan fingerprint density at radius 3 is 2.60 bits per heavy atom. The lowest BCUT2D eigenvalue weighted by Crippen LogP contribution is -2.28. The van der Waals surface area contributed by atoms with Gasteiger partial charge in [-0.2, -0.15) is 0 Å². The van der Waals surface area contributed by atoms with Crippen molar-refractivity contribution in [3.8, 4) is 22.8 Å². The van der Waals surface area contributed by atoms with Gasteiger partial charge in [-0.05, 0) is 38.2 Å². The molecule has 1 N–H and O–H groups in total. The summed E-state index contributed by atoms with van der Waals surface area (Å²) in [5.74, 6) is 2.26. The Labute approximate surface area is 180 Å². The molecule has 0 atom stereocenters. The third-order valence-corrected chi connectivity index (χ3v) is 5.92. The van der Waals surface area contributed by atoms with Crippen LogP contribution in [0.1, 0.15) is 18.4 Å². The average molecular weight is 427 g/mol. The first-order valence-electron chi connectivity index (χ1n) is 9.92. The van der Waals surface area contributed by atoms with Gasteiger partial charge in [0, 0.05) is 48.0 Å². The zero-order chi connectivity index (χ0) is 21.1. The van der Waals surface area contributed by atoms with Gasteiger partial charge < -0.3 is 19.5 Å². The van der Waals surface area contributed by atoms with Crippen LogP contribution in [0.15, 0.2) is 29.6 Å². The first-order chi connectivity index (χ1) is 14.6. The van der Waals surface area contributed by atoms with Crippen LogP contribution in [0, 0.1) is 6.92 Å². The molecule has 1 aliphatic rings. The van der Waals surface area contributed by atoms with E-state index in [0.717, 1.165) is 76.3 Å². The van der Waals surface area contributed by atoms with Crippen LogP contribution in [-0.4, -0.2) is 54.7 Å². The van der Waals surface area contributed by atoms with Gasteiger partial charge in [-0.3, -0.25) is 0 Å². The molecule has 1 aromatic carbocycles. The normalized spacial score (nSPS) is 14.7. The number of nitrogens with zero attached hydrogens (tertiary/aromatic N) is 3. The lowest BCUT2D eigenvalue weighted by atomic mass is 10.0. The summed E-state index contributed by atoms with van der Waals surface area (Å²) in [4.78, 5) is 14.2. The third kappa shape index (κ3) is 4.15. The van der Waals surface area contributed by atoms with Crippen LogP contribution >= 0.6 is 11.8 Å². The minimum absolute atomic E-state index is 0.304. The zero-order valence-corrected chi connectivity index (χ0v) is 18.5. The van der Waals surface area contributed by atoms with Crippen molar-refractivity contribution in [2.45, 2.75) is 31.0 Å². The quantitative estimate of drug-likeness (QED) is 0.461. The highest BCUT2D eigenvalue weighted by molar-refractivity contribution is 7.98. The predicted molar refractivity (Wildman–Crippen MR) is 120 cm³/mol. The van der Waals surface area contributed by atoms with Crippen molar-refractivity contribution in [1.82, 2.24) is 15.0 Å². The maximum absolute atomic E-state index is 5.55. The van der Waals surface area contributed by atoms with Crippen LogP contribution in [0.4, 0.5) is 5.82 Å². The molecule has 0 radical (unpaired) electrons. The van der Waals surface area contributed by atoms with E-state index in [1.165, 1.54) is 11.8 Å². The van der Waals surface area contributed by atoms with Gasteiger partial charge in [0.05, 0.1) is 19.9 Å². The molecule has 30 heavy (non-hydrogen) atoms. The fourth-order valence-corrected chi connectivity index (χ4v) is 3.99. The summed E-state index contributed by atoms with van der Waals surface area (Å²) in [6.45, 7) is 3.54. The molecule has 3 aromatic rings. The number of ether oxygens (including phenoxy) is 3. The van der Waals surface area contributed by atoms with Gasteiger partial charge in [0.2, 0.25) is 0 Å². The highest BCUT2D eigenvalue weighted by Gasteiger charge is 2.19. The second-order valence-corrected chi connectivity index (χ2v) is 7.96. The first-order valence-corrected chi connectivity index (χ1v) is 11.1. The van der Waals surface area contributed by atoms with Crippen molar-refractivity contribution < 1.29 is 14.2 Å². The van der Waals surface area contributed by atoms with Gasteiger partial charge in [0.25, 0.3) is 0 Å². The molecule has 4 rings (SSSR count). The molecule has 2 aromatic heterocycles. The summed E-state index contributed by atoms with van der Waals surface area (Å²) in [6, 6.07) is 6.20. The highest BCUT2D eigenvalue weighted by atomic mass is 32.2. The Hall–Kier alpha value is -2.58. The molecule has 158 valence electrons. The summed E-state index contributed by atoms with van der Waals surface area (Å²) >= 11 is 1.52. The number of hydrogen-bond donors (Lipinski definition) is 1. The lowest BCUT2D eigenvalue weighted by Gasteiger charge is -2.24. The monoisotopic (exact) mass is 426 g/mol.